The van der Waals surface area contributed by atoms with E-state index in [-0.39, 0.29) is 0 Å². The summed E-state index contributed by atoms with van der Waals surface area (Å²) in [5, 5.41) is 10.1. The van der Waals surface area contributed by atoms with Gasteiger partial charge in [0.15, 0.2) is 11.9 Å². The molecule has 1 aromatic carbocycles. The minimum atomic E-state index is -0.570. The lowest BCUT2D eigenvalue weighted by molar-refractivity contribution is 0.279. The smallest absolute Gasteiger partial charge is 0.181 e. The molecule has 0 amide bonds. The maximum absolute atomic E-state index is 8.77. The van der Waals surface area contributed by atoms with Crippen molar-refractivity contribution >= 4 is 38.4 Å². The molecule has 0 saturated carbocycles. The van der Waals surface area contributed by atoms with E-state index in [1.807, 2.05) is 18.2 Å². The number of hydrogen-bond donors (Lipinski definition) is 0. The van der Waals surface area contributed by atoms with Crippen LogP contribution < -0.4 is 4.74 Å². The average molecular weight is 312 g/mol. The summed E-state index contributed by atoms with van der Waals surface area (Å²) >= 11 is 9.53. The number of hydrogen-bond acceptors (Lipinski definition) is 3. The average Bonchev–Trinajstić information content (AvgIpc) is 2.34. The second-order valence-corrected chi connectivity index (χ2v) is 4.72. The van der Waals surface area contributed by atoms with Gasteiger partial charge < -0.3 is 4.74 Å². The van der Waals surface area contributed by atoms with Gasteiger partial charge in [-0.1, -0.05) is 33.6 Å². The van der Waals surface area contributed by atoms with Crippen molar-refractivity contribution in [2.45, 2.75) is 13.0 Å². The summed E-state index contributed by atoms with van der Waals surface area (Å²) in [7, 11) is 0. The first-order valence-corrected chi connectivity index (χ1v) is 6.09. The Balaban J connectivity index is 2.66. The van der Waals surface area contributed by atoms with Crippen molar-refractivity contribution < 1.29 is 4.74 Å². The zero-order valence-corrected chi connectivity index (χ0v) is 11.3. The van der Waals surface area contributed by atoms with E-state index in [9.17, 15) is 0 Å². The molecule has 1 aromatic heterocycles. The fourth-order valence-corrected chi connectivity index (χ4v) is 2.39. The molecule has 1 heterocycles. The fraction of sp³-hybridized carbons (Fsp3) is 0.167. The van der Waals surface area contributed by atoms with Gasteiger partial charge in [0.1, 0.15) is 11.6 Å². The number of ether oxygens (including phenoxy) is 1. The summed E-state index contributed by atoms with van der Waals surface area (Å²) in [5.41, 5.74) is 0.647. The van der Waals surface area contributed by atoms with Gasteiger partial charge in [-0.2, -0.15) is 5.26 Å². The third kappa shape index (κ3) is 2.36. The van der Waals surface area contributed by atoms with Crippen molar-refractivity contribution in [2.24, 2.45) is 0 Å². The minimum absolute atomic E-state index is 0.435. The normalized spacial score (nSPS) is 12.1. The monoisotopic (exact) mass is 310 g/mol. The summed E-state index contributed by atoms with van der Waals surface area (Å²) in [4.78, 5) is 4.24. The fourth-order valence-electron chi connectivity index (χ4n) is 1.46. The molecule has 0 saturated heterocycles. The molecule has 0 fully saturated rings. The lowest BCUT2D eigenvalue weighted by atomic mass is 10.2. The highest BCUT2D eigenvalue weighted by molar-refractivity contribution is 9.10. The topological polar surface area (TPSA) is 45.9 Å². The van der Waals surface area contributed by atoms with Crippen molar-refractivity contribution in [3.63, 3.8) is 0 Å². The first-order chi connectivity index (χ1) is 8.13. The Morgan fingerprint density at radius 2 is 2.35 bits per heavy atom. The molecule has 0 aliphatic rings. The molecular formula is C12H8BrClN2O. The number of benzene rings is 1. The summed E-state index contributed by atoms with van der Waals surface area (Å²) in [6.07, 6.45) is 1.09. The molecule has 5 heteroatoms. The zero-order valence-electron chi connectivity index (χ0n) is 8.95. The molecule has 0 spiro atoms. The number of rotatable bonds is 2. The van der Waals surface area contributed by atoms with Crippen molar-refractivity contribution in [1.82, 2.24) is 4.98 Å². The maximum Gasteiger partial charge on any atom is 0.181 e. The second-order valence-electron chi connectivity index (χ2n) is 3.46. The van der Waals surface area contributed by atoms with E-state index >= 15 is 0 Å². The van der Waals surface area contributed by atoms with E-state index in [0.29, 0.717) is 16.3 Å². The molecule has 0 aliphatic carbocycles. The number of halogens is 2. The minimum Gasteiger partial charge on any atom is -0.472 e. The molecule has 0 N–H and O–H groups in total. The van der Waals surface area contributed by atoms with Gasteiger partial charge in [0.2, 0.25) is 0 Å². The SMILES string of the molecule is CC(C#N)Oc1c(Cl)cc(Br)c2cccnc12. The molecule has 1 atom stereocenters. The van der Waals surface area contributed by atoms with Crippen LogP contribution in [0, 0.1) is 11.3 Å². The van der Waals surface area contributed by atoms with Crippen LogP contribution in [0.2, 0.25) is 5.02 Å². The maximum atomic E-state index is 8.77. The van der Waals surface area contributed by atoms with Gasteiger partial charge in [0.25, 0.3) is 0 Å². The zero-order chi connectivity index (χ0) is 12.4. The lowest BCUT2D eigenvalue weighted by Crippen LogP contribution is -2.09. The molecule has 0 aliphatic heterocycles. The van der Waals surface area contributed by atoms with Gasteiger partial charge in [-0.15, -0.1) is 0 Å². The molecule has 86 valence electrons. The van der Waals surface area contributed by atoms with Crippen LogP contribution in [-0.4, -0.2) is 11.1 Å². The highest BCUT2D eigenvalue weighted by Gasteiger charge is 2.14. The van der Waals surface area contributed by atoms with Gasteiger partial charge in [0.05, 0.1) is 5.02 Å². The number of aromatic nitrogens is 1. The van der Waals surface area contributed by atoms with Crippen LogP contribution in [0.1, 0.15) is 6.92 Å². The highest BCUT2D eigenvalue weighted by atomic mass is 79.9. The van der Waals surface area contributed by atoms with Crippen LogP contribution in [0.4, 0.5) is 0 Å². The first kappa shape index (κ1) is 12.2. The molecule has 0 radical (unpaired) electrons. The molecule has 2 aromatic rings. The van der Waals surface area contributed by atoms with Crippen LogP contribution in [0.5, 0.6) is 5.75 Å². The second kappa shape index (κ2) is 4.91. The van der Waals surface area contributed by atoms with Crippen LogP contribution in [0.25, 0.3) is 10.9 Å². The van der Waals surface area contributed by atoms with Crippen molar-refractivity contribution in [2.75, 3.05) is 0 Å². The van der Waals surface area contributed by atoms with Gasteiger partial charge in [0, 0.05) is 16.1 Å². The van der Waals surface area contributed by atoms with E-state index < -0.39 is 6.10 Å². The van der Waals surface area contributed by atoms with Gasteiger partial charge in [-0.3, -0.25) is 4.98 Å². The van der Waals surface area contributed by atoms with E-state index in [4.69, 9.17) is 21.6 Å². The number of nitriles is 1. The Labute approximate surface area is 112 Å². The van der Waals surface area contributed by atoms with Crippen molar-refractivity contribution in [1.29, 1.82) is 5.26 Å². The van der Waals surface area contributed by atoms with Crippen molar-refractivity contribution in [3.8, 4) is 11.8 Å². The Bertz CT molecular complexity index is 609. The Kier molecular flexibility index (Phi) is 3.51. The lowest BCUT2D eigenvalue weighted by Gasteiger charge is -2.12. The predicted octanol–water partition coefficient (Wildman–Crippen LogP) is 3.94. The predicted molar refractivity (Wildman–Crippen MR) is 70.2 cm³/mol. The third-order valence-corrected chi connectivity index (χ3v) is 3.16. The quantitative estimate of drug-likeness (QED) is 0.844. The Morgan fingerprint density at radius 3 is 3.06 bits per heavy atom. The summed E-state index contributed by atoms with van der Waals surface area (Å²) in [6, 6.07) is 7.48. The van der Waals surface area contributed by atoms with Crippen molar-refractivity contribution in [3.05, 3.63) is 33.9 Å². The van der Waals surface area contributed by atoms with E-state index in [2.05, 4.69) is 20.9 Å². The molecule has 17 heavy (non-hydrogen) atoms. The summed E-state index contributed by atoms with van der Waals surface area (Å²) in [6.45, 7) is 1.66. The number of pyridine rings is 1. The largest absolute Gasteiger partial charge is 0.472 e. The van der Waals surface area contributed by atoms with E-state index in [0.717, 1.165) is 9.86 Å². The Morgan fingerprint density at radius 1 is 1.59 bits per heavy atom. The van der Waals surface area contributed by atoms with Gasteiger partial charge in [-0.05, 0) is 19.1 Å². The number of nitrogens with zero attached hydrogens (tertiary/aromatic N) is 2. The van der Waals surface area contributed by atoms with E-state index in [1.165, 1.54) is 0 Å². The first-order valence-electron chi connectivity index (χ1n) is 4.92. The summed E-state index contributed by atoms with van der Waals surface area (Å²) in [5.74, 6) is 0.444. The molecule has 3 nitrogen and oxygen atoms in total. The number of fused-ring (bicyclic) bond motifs is 1. The standard InChI is InChI=1S/C12H8BrClN2O/c1-7(6-15)17-12-10(14)5-9(13)8-3-2-4-16-11(8)12/h2-5,7H,1H3. The third-order valence-electron chi connectivity index (χ3n) is 2.23. The highest BCUT2D eigenvalue weighted by Crippen LogP contribution is 2.37. The Hall–Kier alpha value is -1.31. The van der Waals surface area contributed by atoms with Crippen LogP contribution >= 0.6 is 27.5 Å². The molecule has 2 rings (SSSR count). The molecular weight excluding hydrogens is 304 g/mol. The summed E-state index contributed by atoms with van der Waals surface area (Å²) < 4.78 is 6.34. The molecule has 0 bridgehead atoms. The van der Waals surface area contributed by atoms with Crippen LogP contribution in [0.15, 0.2) is 28.9 Å². The molecule has 1 unspecified atom stereocenters. The van der Waals surface area contributed by atoms with Crippen LogP contribution in [-0.2, 0) is 0 Å². The van der Waals surface area contributed by atoms with Crippen LogP contribution in [0.3, 0.4) is 0 Å². The van der Waals surface area contributed by atoms with E-state index in [1.54, 1.807) is 19.2 Å². The van der Waals surface area contributed by atoms with Gasteiger partial charge >= 0.3 is 0 Å². The van der Waals surface area contributed by atoms with Gasteiger partial charge in [-0.25, -0.2) is 0 Å².